The third-order valence-electron chi connectivity index (χ3n) is 2.85. The van der Waals surface area contributed by atoms with Crippen molar-refractivity contribution >= 4 is 10.8 Å². The van der Waals surface area contributed by atoms with Crippen LogP contribution < -0.4 is 5.32 Å². The second kappa shape index (κ2) is 7.11. The van der Waals surface area contributed by atoms with E-state index in [9.17, 15) is 0 Å². The molecule has 0 aliphatic heterocycles. The second-order valence-electron chi connectivity index (χ2n) is 4.15. The topological polar surface area (TPSA) is 41.5 Å². The van der Waals surface area contributed by atoms with Gasteiger partial charge in [-0.05, 0) is 16.3 Å². The average Bonchev–Trinajstić information content (AvgIpc) is 2.43. The number of fused-ring (bicyclic) bond motifs is 1. The van der Waals surface area contributed by atoms with Crippen LogP contribution in [0.5, 0.6) is 0 Å². The van der Waals surface area contributed by atoms with Gasteiger partial charge in [-0.15, -0.1) is 0 Å². The summed E-state index contributed by atoms with van der Waals surface area (Å²) in [5.41, 5.74) is 1.30. The number of hydrogen-bond donors (Lipinski definition) is 2. The van der Waals surface area contributed by atoms with E-state index in [-0.39, 0.29) is 6.61 Å². The maximum absolute atomic E-state index is 8.57. The highest BCUT2D eigenvalue weighted by molar-refractivity contribution is 5.85. The van der Waals surface area contributed by atoms with E-state index in [4.69, 9.17) is 9.84 Å². The molecule has 2 aromatic rings. The zero-order valence-corrected chi connectivity index (χ0v) is 10.4. The highest BCUT2D eigenvalue weighted by atomic mass is 16.5. The molecule has 0 aliphatic carbocycles. The molecular formula is C15H19NO2. The van der Waals surface area contributed by atoms with Gasteiger partial charge in [-0.3, -0.25) is 0 Å². The quantitative estimate of drug-likeness (QED) is 0.732. The summed E-state index contributed by atoms with van der Waals surface area (Å²) in [5.74, 6) is 0. The molecule has 0 unspecified atom stereocenters. The van der Waals surface area contributed by atoms with E-state index in [1.54, 1.807) is 0 Å². The van der Waals surface area contributed by atoms with Crippen LogP contribution >= 0.6 is 0 Å². The molecule has 0 heterocycles. The molecule has 2 rings (SSSR count). The van der Waals surface area contributed by atoms with Crippen LogP contribution in [0.1, 0.15) is 5.56 Å². The molecular weight excluding hydrogens is 226 g/mol. The van der Waals surface area contributed by atoms with Crippen molar-refractivity contribution in [1.82, 2.24) is 5.32 Å². The van der Waals surface area contributed by atoms with Crippen LogP contribution in [0.25, 0.3) is 10.8 Å². The number of rotatable bonds is 7. The monoisotopic (exact) mass is 245 g/mol. The number of aliphatic hydroxyl groups is 1. The summed E-state index contributed by atoms with van der Waals surface area (Å²) in [6.07, 6.45) is 0. The first kappa shape index (κ1) is 13.0. The summed E-state index contributed by atoms with van der Waals surface area (Å²) in [4.78, 5) is 0. The second-order valence-corrected chi connectivity index (χ2v) is 4.15. The zero-order valence-electron chi connectivity index (χ0n) is 10.4. The van der Waals surface area contributed by atoms with Crippen LogP contribution in [-0.2, 0) is 11.3 Å². The zero-order chi connectivity index (χ0) is 12.6. The van der Waals surface area contributed by atoms with Crippen molar-refractivity contribution in [1.29, 1.82) is 0 Å². The third kappa shape index (κ3) is 3.53. The van der Waals surface area contributed by atoms with Gasteiger partial charge in [-0.2, -0.15) is 0 Å². The smallest absolute Gasteiger partial charge is 0.0698 e. The molecule has 0 spiro atoms. The summed E-state index contributed by atoms with van der Waals surface area (Å²) in [5, 5.41) is 14.5. The Hall–Kier alpha value is -1.42. The van der Waals surface area contributed by atoms with E-state index in [1.807, 2.05) is 0 Å². The molecule has 0 aromatic heterocycles. The van der Waals surface area contributed by atoms with Crippen molar-refractivity contribution in [3.63, 3.8) is 0 Å². The molecule has 0 radical (unpaired) electrons. The normalized spacial score (nSPS) is 10.9. The Labute approximate surface area is 107 Å². The van der Waals surface area contributed by atoms with Gasteiger partial charge < -0.3 is 15.2 Å². The van der Waals surface area contributed by atoms with Crippen LogP contribution in [0.2, 0.25) is 0 Å². The average molecular weight is 245 g/mol. The number of ether oxygens (including phenoxy) is 1. The van der Waals surface area contributed by atoms with Gasteiger partial charge >= 0.3 is 0 Å². The van der Waals surface area contributed by atoms with E-state index in [1.165, 1.54) is 16.3 Å². The SMILES string of the molecule is OCCOCCNCc1cccc2ccccc12. The molecule has 18 heavy (non-hydrogen) atoms. The summed E-state index contributed by atoms with van der Waals surface area (Å²) in [6.45, 7) is 2.76. The van der Waals surface area contributed by atoms with E-state index in [0.717, 1.165) is 13.1 Å². The van der Waals surface area contributed by atoms with Gasteiger partial charge in [0.05, 0.1) is 19.8 Å². The minimum Gasteiger partial charge on any atom is -0.394 e. The van der Waals surface area contributed by atoms with Gasteiger partial charge in [-0.25, -0.2) is 0 Å². The van der Waals surface area contributed by atoms with Gasteiger partial charge in [-0.1, -0.05) is 42.5 Å². The molecule has 3 heteroatoms. The van der Waals surface area contributed by atoms with Gasteiger partial charge in [0.1, 0.15) is 0 Å². The molecule has 2 aromatic carbocycles. The maximum Gasteiger partial charge on any atom is 0.0698 e. The fourth-order valence-corrected chi connectivity index (χ4v) is 1.98. The number of hydrogen-bond acceptors (Lipinski definition) is 3. The lowest BCUT2D eigenvalue weighted by atomic mass is 10.0. The van der Waals surface area contributed by atoms with Crippen molar-refractivity contribution < 1.29 is 9.84 Å². The van der Waals surface area contributed by atoms with Crippen molar-refractivity contribution in [2.45, 2.75) is 6.54 Å². The molecule has 3 nitrogen and oxygen atoms in total. The summed E-state index contributed by atoms with van der Waals surface area (Å²) in [6, 6.07) is 14.8. The summed E-state index contributed by atoms with van der Waals surface area (Å²) in [7, 11) is 0. The number of aliphatic hydroxyl groups excluding tert-OH is 1. The molecule has 0 saturated carbocycles. The lowest BCUT2D eigenvalue weighted by molar-refractivity contribution is 0.0938. The van der Waals surface area contributed by atoms with Crippen molar-refractivity contribution in [3.8, 4) is 0 Å². The van der Waals surface area contributed by atoms with Crippen LogP contribution in [0.15, 0.2) is 42.5 Å². The molecule has 0 aliphatic rings. The van der Waals surface area contributed by atoms with E-state index >= 15 is 0 Å². The lowest BCUT2D eigenvalue weighted by Crippen LogP contribution is -2.20. The molecule has 0 atom stereocenters. The highest BCUT2D eigenvalue weighted by Crippen LogP contribution is 2.17. The Kier molecular flexibility index (Phi) is 5.15. The molecule has 96 valence electrons. The predicted molar refractivity (Wildman–Crippen MR) is 73.6 cm³/mol. The Morgan fingerprint density at radius 2 is 1.83 bits per heavy atom. The minimum absolute atomic E-state index is 0.0866. The Morgan fingerprint density at radius 1 is 1.00 bits per heavy atom. The Morgan fingerprint density at radius 3 is 2.72 bits per heavy atom. The van der Waals surface area contributed by atoms with Crippen molar-refractivity contribution in [2.24, 2.45) is 0 Å². The molecule has 2 N–H and O–H groups in total. The van der Waals surface area contributed by atoms with Crippen LogP contribution in [0.4, 0.5) is 0 Å². The highest BCUT2D eigenvalue weighted by Gasteiger charge is 1.99. The van der Waals surface area contributed by atoms with E-state index in [0.29, 0.717) is 13.2 Å². The largest absolute Gasteiger partial charge is 0.394 e. The Bertz CT molecular complexity index is 479. The van der Waals surface area contributed by atoms with Gasteiger partial charge in [0.15, 0.2) is 0 Å². The number of benzene rings is 2. The fourth-order valence-electron chi connectivity index (χ4n) is 1.98. The fraction of sp³-hybridized carbons (Fsp3) is 0.333. The first-order chi connectivity index (χ1) is 8.92. The lowest BCUT2D eigenvalue weighted by Gasteiger charge is -2.08. The van der Waals surface area contributed by atoms with Crippen LogP contribution in [0.3, 0.4) is 0 Å². The van der Waals surface area contributed by atoms with E-state index in [2.05, 4.69) is 47.8 Å². The molecule has 0 saturated heterocycles. The van der Waals surface area contributed by atoms with E-state index < -0.39 is 0 Å². The number of nitrogens with one attached hydrogen (secondary N) is 1. The van der Waals surface area contributed by atoms with Crippen molar-refractivity contribution in [2.75, 3.05) is 26.4 Å². The van der Waals surface area contributed by atoms with Gasteiger partial charge in [0, 0.05) is 13.1 Å². The summed E-state index contributed by atoms with van der Waals surface area (Å²) >= 11 is 0. The van der Waals surface area contributed by atoms with Crippen molar-refractivity contribution in [3.05, 3.63) is 48.0 Å². The third-order valence-corrected chi connectivity index (χ3v) is 2.85. The molecule has 0 amide bonds. The van der Waals surface area contributed by atoms with Crippen LogP contribution in [0, 0.1) is 0 Å². The molecule has 0 bridgehead atoms. The first-order valence-corrected chi connectivity index (χ1v) is 6.28. The summed E-state index contributed by atoms with van der Waals surface area (Å²) < 4.78 is 5.20. The minimum atomic E-state index is 0.0866. The van der Waals surface area contributed by atoms with Gasteiger partial charge in [0.2, 0.25) is 0 Å². The predicted octanol–water partition coefficient (Wildman–Crippen LogP) is 1.94. The first-order valence-electron chi connectivity index (χ1n) is 6.28. The Balaban J connectivity index is 1.88. The molecule has 0 fully saturated rings. The maximum atomic E-state index is 8.57. The van der Waals surface area contributed by atoms with Crippen LogP contribution in [-0.4, -0.2) is 31.5 Å². The standard InChI is InChI=1S/C15H19NO2/c17-9-11-18-10-8-16-12-14-6-3-5-13-4-1-2-7-15(13)14/h1-7,16-17H,8-12H2. The van der Waals surface area contributed by atoms with Gasteiger partial charge in [0.25, 0.3) is 0 Å².